The first kappa shape index (κ1) is 14.6. The number of H-pyrrole nitrogens is 1. The lowest BCUT2D eigenvalue weighted by Gasteiger charge is -2.12. The van der Waals surface area contributed by atoms with Crippen LogP contribution in [0.25, 0.3) is 10.9 Å². The van der Waals surface area contributed by atoms with Gasteiger partial charge in [-0.2, -0.15) is 0 Å². The minimum absolute atomic E-state index is 0.311. The number of nitrogens with zero attached hydrogens (tertiary/aromatic N) is 2. The number of ether oxygens (including phenoxy) is 1. The quantitative estimate of drug-likeness (QED) is 0.509. The van der Waals surface area contributed by atoms with Gasteiger partial charge in [0, 0.05) is 30.2 Å². The van der Waals surface area contributed by atoms with Crippen molar-refractivity contribution >= 4 is 22.8 Å². The van der Waals surface area contributed by atoms with Gasteiger partial charge in [-0.1, -0.05) is 0 Å². The van der Waals surface area contributed by atoms with E-state index in [1.165, 1.54) is 7.05 Å². The van der Waals surface area contributed by atoms with Crippen molar-refractivity contribution < 1.29 is 9.53 Å². The lowest BCUT2D eigenvalue weighted by atomic mass is 10.2. The van der Waals surface area contributed by atoms with Gasteiger partial charge in [-0.25, -0.2) is 0 Å². The normalized spacial score (nSPS) is 10.5. The van der Waals surface area contributed by atoms with Gasteiger partial charge < -0.3 is 15.5 Å². The van der Waals surface area contributed by atoms with E-state index in [0.29, 0.717) is 17.2 Å². The summed E-state index contributed by atoms with van der Waals surface area (Å²) in [7, 11) is 1.45. The zero-order valence-corrected chi connectivity index (χ0v) is 12.4. The van der Waals surface area contributed by atoms with E-state index in [1.807, 2.05) is 18.2 Å². The molecule has 7 heteroatoms. The Balaban J connectivity index is 1.89. The smallest absolute Gasteiger partial charge is 0.276 e. The minimum Gasteiger partial charge on any atom is -0.456 e. The molecule has 4 N–H and O–H groups in total. The Morgan fingerprint density at radius 2 is 2.13 bits per heavy atom. The number of carbonyl (C=O) groups excluding carboxylic acids is 1. The number of aromatic nitrogens is 2. The first-order chi connectivity index (χ1) is 11.0. The van der Waals surface area contributed by atoms with Crippen LogP contribution in [0.15, 0.2) is 48.8 Å². The maximum atomic E-state index is 12.2. The van der Waals surface area contributed by atoms with E-state index in [9.17, 15) is 4.79 Å². The summed E-state index contributed by atoms with van der Waals surface area (Å²) >= 11 is 0. The van der Waals surface area contributed by atoms with E-state index in [1.54, 1.807) is 30.6 Å². The Labute approximate surface area is 132 Å². The summed E-state index contributed by atoms with van der Waals surface area (Å²) in [6.45, 7) is 0. The topological polar surface area (TPSA) is 108 Å². The van der Waals surface area contributed by atoms with Crippen molar-refractivity contribution in [3.05, 3.63) is 54.5 Å². The van der Waals surface area contributed by atoms with Crippen LogP contribution in [-0.2, 0) is 0 Å². The average molecular weight is 309 g/mol. The van der Waals surface area contributed by atoms with Crippen LogP contribution in [0.3, 0.4) is 0 Å². The molecule has 0 unspecified atom stereocenters. The summed E-state index contributed by atoms with van der Waals surface area (Å²) < 4.78 is 5.71. The Morgan fingerprint density at radius 3 is 2.83 bits per heavy atom. The molecule has 23 heavy (non-hydrogen) atoms. The van der Waals surface area contributed by atoms with E-state index in [-0.39, 0.29) is 11.9 Å². The monoisotopic (exact) mass is 309 g/mol. The third-order valence-electron chi connectivity index (χ3n) is 3.36. The van der Waals surface area contributed by atoms with Crippen LogP contribution in [0.5, 0.6) is 11.5 Å². The van der Waals surface area contributed by atoms with Gasteiger partial charge in [0.1, 0.15) is 17.2 Å². The molecule has 1 amide bonds. The third-order valence-corrected chi connectivity index (χ3v) is 3.36. The molecule has 0 saturated carbocycles. The van der Waals surface area contributed by atoms with Crippen LogP contribution in [0.2, 0.25) is 0 Å². The molecule has 2 aromatic heterocycles. The number of hydrogen-bond donors (Lipinski definition) is 3. The SMILES string of the molecule is CN(C(=N)N)C(=O)c1cc2ccc(Oc3cccnc3)cc2[nH]1. The second-order valence-corrected chi connectivity index (χ2v) is 4.97. The molecule has 0 bridgehead atoms. The molecule has 0 saturated heterocycles. The summed E-state index contributed by atoms with van der Waals surface area (Å²) in [6.07, 6.45) is 3.29. The van der Waals surface area contributed by atoms with Gasteiger partial charge in [-0.3, -0.25) is 20.1 Å². The van der Waals surface area contributed by atoms with Crippen LogP contribution >= 0.6 is 0 Å². The molecular weight excluding hydrogens is 294 g/mol. The highest BCUT2D eigenvalue weighted by Gasteiger charge is 2.16. The minimum atomic E-state index is -0.372. The van der Waals surface area contributed by atoms with Crippen molar-refractivity contribution in [2.75, 3.05) is 7.05 Å². The van der Waals surface area contributed by atoms with Crippen LogP contribution in [0.4, 0.5) is 0 Å². The zero-order chi connectivity index (χ0) is 16.4. The number of aromatic amines is 1. The fourth-order valence-corrected chi connectivity index (χ4v) is 2.12. The molecule has 116 valence electrons. The van der Waals surface area contributed by atoms with Crippen LogP contribution in [0, 0.1) is 5.41 Å². The number of pyridine rings is 1. The molecule has 3 aromatic rings. The Kier molecular flexibility index (Phi) is 3.68. The highest BCUT2D eigenvalue weighted by Crippen LogP contribution is 2.25. The van der Waals surface area contributed by atoms with Gasteiger partial charge in [-0.05, 0) is 30.3 Å². The molecule has 0 radical (unpaired) electrons. The predicted molar refractivity (Wildman–Crippen MR) is 86.6 cm³/mol. The fourth-order valence-electron chi connectivity index (χ4n) is 2.12. The van der Waals surface area contributed by atoms with E-state index in [2.05, 4.69) is 9.97 Å². The van der Waals surface area contributed by atoms with Gasteiger partial charge in [-0.15, -0.1) is 0 Å². The maximum Gasteiger partial charge on any atom is 0.276 e. The van der Waals surface area contributed by atoms with Crippen LogP contribution in [0.1, 0.15) is 10.5 Å². The van der Waals surface area contributed by atoms with E-state index >= 15 is 0 Å². The number of rotatable bonds is 3. The van der Waals surface area contributed by atoms with Crippen molar-refractivity contribution in [2.45, 2.75) is 0 Å². The number of nitrogens with two attached hydrogens (primary N) is 1. The number of carbonyl (C=O) groups is 1. The number of nitrogens with one attached hydrogen (secondary N) is 2. The Hall–Kier alpha value is -3.35. The third kappa shape index (κ3) is 2.98. The van der Waals surface area contributed by atoms with E-state index in [0.717, 1.165) is 15.8 Å². The van der Waals surface area contributed by atoms with Gasteiger partial charge in [0.15, 0.2) is 5.96 Å². The van der Waals surface area contributed by atoms with Gasteiger partial charge >= 0.3 is 0 Å². The summed E-state index contributed by atoms with van der Waals surface area (Å²) in [4.78, 5) is 20.2. The largest absolute Gasteiger partial charge is 0.456 e. The maximum absolute atomic E-state index is 12.2. The van der Waals surface area contributed by atoms with Crippen molar-refractivity contribution in [3.8, 4) is 11.5 Å². The van der Waals surface area contributed by atoms with Crippen LogP contribution < -0.4 is 10.5 Å². The fraction of sp³-hybridized carbons (Fsp3) is 0.0625. The molecule has 2 heterocycles. The van der Waals surface area contributed by atoms with Crippen molar-refractivity contribution in [2.24, 2.45) is 5.73 Å². The predicted octanol–water partition coefficient (Wildman–Crippen LogP) is 2.32. The summed E-state index contributed by atoms with van der Waals surface area (Å²) in [6, 6.07) is 10.8. The van der Waals surface area contributed by atoms with Gasteiger partial charge in [0.05, 0.1) is 6.20 Å². The van der Waals surface area contributed by atoms with Crippen molar-refractivity contribution in [3.63, 3.8) is 0 Å². The lowest BCUT2D eigenvalue weighted by molar-refractivity contribution is 0.0864. The van der Waals surface area contributed by atoms with Gasteiger partial charge in [0.2, 0.25) is 0 Å². The molecule has 1 aromatic carbocycles. The Morgan fingerprint density at radius 1 is 1.30 bits per heavy atom. The Bertz CT molecular complexity index is 873. The van der Waals surface area contributed by atoms with Gasteiger partial charge in [0.25, 0.3) is 5.91 Å². The molecule has 0 aliphatic rings. The summed E-state index contributed by atoms with van der Waals surface area (Å²) in [5.74, 6) is 0.579. The first-order valence-electron chi connectivity index (χ1n) is 6.87. The molecule has 7 nitrogen and oxygen atoms in total. The first-order valence-corrected chi connectivity index (χ1v) is 6.87. The number of amides is 1. The van der Waals surface area contributed by atoms with Crippen molar-refractivity contribution in [1.29, 1.82) is 5.41 Å². The summed E-state index contributed by atoms with van der Waals surface area (Å²) in [5, 5.41) is 8.18. The number of hydrogen-bond acceptors (Lipinski definition) is 4. The number of guanidine groups is 1. The number of benzene rings is 1. The lowest BCUT2D eigenvalue weighted by Crippen LogP contribution is -2.38. The van der Waals surface area contributed by atoms with Crippen LogP contribution in [-0.4, -0.2) is 33.8 Å². The molecule has 0 aliphatic carbocycles. The summed E-state index contributed by atoms with van der Waals surface area (Å²) in [5.41, 5.74) is 6.44. The second-order valence-electron chi connectivity index (χ2n) is 4.97. The van der Waals surface area contributed by atoms with E-state index in [4.69, 9.17) is 15.9 Å². The zero-order valence-electron chi connectivity index (χ0n) is 12.4. The molecule has 3 rings (SSSR count). The standard InChI is InChI=1S/C16H15N5O2/c1-21(16(17)18)15(22)14-7-10-4-5-11(8-13(10)20-14)23-12-3-2-6-19-9-12/h2-9,20H,1H3,(H3,17,18). The van der Waals surface area contributed by atoms with E-state index < -0.39 is 0 Å². The average Bonchev–Trinajstić information content (AvgIpc) is 2.97. The van der Waals surface area contributed by atoms with Crippen molar-refractivity contribution in [1.82, 2.24) is 14.9 Å². The molecular formula is C16H15N5O2. The molecule has 0 spiro atoms. The number of fused-ring (bicyclic) bond motifs is 1. The second kappa shape index (κ2) is 5.80. The highest BCUT2D eigenvalue weighted by atomic mass is 16.5. The molecule has 0 atom stereocenters. The molecule has 0 aliphatic heterocycles. The highest BCUT2D eigenvalue weighted by molar-refractivity contribution is 6.05. The molecule has 0 fully saturated rings.